The van der Waals surface area contributed by atoms with Gasteiger partial charge in [0, 0.05) is 16.9 Å². The van der Waals surface area contributed by atoms with Crippen LogP contribution in [-0.2, 0) is 4.74 Å². The van der Waals surface area contributed by atoms with Gasteiger partial charge in [0.1, 0.15) is 11.4 Å². The molecule has 0 amide bonds. The molecule has 0 aromatic heterocycles. The van der Waals surface area contributed by atoms with Gasteiger partial charge < -0.3 is 4.74 Å². The van der Waals surface area contributed by atoms with Gasteiger partial charge in [0.15, 0.2) is 0 Å². The van der Waals surface area contributed by atoms with Crippen LogP contribution in [0.5, 0.6) is 0 Å². The molecular weight excluding hydrogens is 232 g/mol. The molecular formula is C18H26O. The third-order valence-electron chi connectivity index (χ3n) is 6.54. The normalized spacial score (nSPS) is 33.4. The van der Waals surface area contributed by atoms with Crippen LogP contribution in [0.3, 0.4) is 0 Å². The van der Waals surface area contributed by atoms with Crippen LogP contribution < -0.4 is 0 Å². The van der Waals surface area contributed by atoms with E-state index >= 15 is 0 Å². The topological polar surface area (TPSA) is 9.23 Å². The first kappa shape index (κ1) is 13.0. The molecule has 0 saturated carbocycles. The Hall–Kier alpha value is -0.980. The molecule has 1 atom stereocenters. The van der Waals surface area contributed by atoms with E-state index in [-0.39, 0.29) is 16.4 Å². The van der Waals surface area contributed by atoms with Crippen molar-refractivity contribution in [1.82, 2.24) is 0 Å². The van der Waals surface area contributed by atoms with E-state index in [2.05, 4.69) is 59.8 Å². The van der Waals surface area contributed by atoms with E-state index in [1.54, 1.807) is 0 Å². The zero-order valence-corrected chi connectivity index (χ0v) is 13.1. The molecule has 1 heteroatoms. The molecule has 0 radical (unpaired) electrons. The van der Waals surface area contributed by atoms with Gasteiger partial charge in [0.25, 0.3) is 0 Å². The van der Waals surface area contributed by atoms with Gasteiger partial charge in [-0.2, -0.15) is 0 Å². The molecule has 3 aliphatic rings. The number of allylic oxidation sites excluding steroid dienone is 6. The first-order valence-electron chi connectivity index (χ1n) is 7.49. The number of rotatable bonds is 0. The van der Waals surface area contributed by atoms with Crippen molar-refractivity contribution in [2.75, 3.05) is 0 Å². The lowest BCUT2D eigenvalue weighted by molar-refractivity contribution is -0.189. The van der Waals surface area contributed by atoms with Crippen LogP contribution >= 0.6 is 0 Å². The molecule has 2 aliphatic carbocycles. The second-order valence-electron chi connectivity index (χ2n) is 7.88. The van der Waals surface area contributed by atoms with Gasteiger partial charge in [-0.1, -0.05) is 45.9 Å². The molecule has 0 N–H and O–H groups in total. The van der Waals surface area contributed by atoms with Crippen molar-refractivity contribution in [1.29, 1.82) is 0 Å². The Morgan fingerprint density at radius 3 is 2.47 bits per heavy atom. The molecule has 1 fully saturated rings. The molecule has 1 nitrogen and oxygen atoms in total. The van der Waals surface area contributed by atoms with Crippen molar-refractivity contribution in [2.45, 2.75) is 60.0 Å². The summed E-state index contributed by atoms with van der Waals surface area (Å²) in [6.45, 7) is 14.1. The van der Waals surface area contributed by atoms with Crippen molar-refractivity contribution < 1.29 is 4.74 Å². The van der Waals surface area contributed by atoms with E-state index in [9.17, 15) is 0 Å². The quantitative estimate of drug-likeness (QED) is 0.593. The van der Waals surface area contributed by atoms with Crippen LogP contribution in [0, 0.1) is 16.7 Å². The third-order valence-corrected chi connectivity index (χ3v) is 6.54. The lowest BCUT2D eigenvalue weighted by Crippen LogP contribution is -2.59. The Morgan fingerprint density at radius 1 is 1.11 bits per heavy atom. The van der Waals surface area contributed by atoms with Crippen LogP contribution in [0.25, 0.3) is 0 Å². The molecule has 1 saturated heterocycles. The van der Waals surface area contributed by atoms with Gasteiger partial charge >= 0.3 is 0 Å². The molecule has 0 bridgehead atoms. The molecule has 104 valence electrons. The maximum atomic E-state index is 6.53. The molecule has 19 heavy (non-hydrogen) atoms. The summed E-state index contributed by atoms with van der Waals surface area (Å²) in [6.07, 6.45) is 9.07. The Bertz CT molecular complexity index is 512. The summed E-state index contributed by atoms with van der Waals surface area (Å²) in [7, 11) is 0. The fourth-order valence-electron chi connectivity index (χ4n) is 3.96. The van der Waals surface area contributed by atoms with E-state index in [4.69, 9.17) is 4.74 Å². The summed E-state index contributed by atoms with van der Waals surface area (Å²) in [5.41, 5.74) is 3.11. The highest BCUT2D eigenvalue weighted by atomic mass is 16.5. The minimum Gasteiger partial charge on any atom is -0.491 e. The number of fused-ring (bicyclic) bond motifs is 2. The molecule has 0 aromatic rings. The Kier molecular flexibility index (Phi) is 2.44. The van der Waals surface area contributed by atoms with Crippen LogP contribution in [-0.4, -0.2) is 5.60 Å². The summed E-state index contributed by atoms with van der Waals surface area (Å²) in [5.74, 6) is 1.80. The fraction of sp³-hybridized carbons (Fsp3) is 0.667. The average molecular weight is 258 g/mol. The molecule has 1 heterocycles. The van der Waals surface area contributed by atoms with E-state index < -0.39 is 0 Å². The highest BCUT2D eigenvalue weighted by Gasteiger charge is 2.59. The zero-order chi connectivity index (χ0) is 14.1. The molecule has 1 aliphatic heterocycles. The van der Waals surface area contributed by atoms with E-state index in [1.807, 2.05) is 0 Å². The zero-order valence-electron chi connectivity index (χ0n) is 13.1. The highest BCUT2D eigenvalue weighted by molar-refractivity contribution is 5.52. The average Bonchev–Trinajstić information content (AvgIpc) is 2.75. The van der Waals surface area contributed by atoms with Gasteiger partial charge in [0.05, 0.1) is 0 Å². The molecule has 0 spiro atoms. The van der Waals surface area contributed by atoms with Crippen molar-refractivity contribution in [2.24, 2.45) is 16.7 Å². The lowest BCUT2D eigenvalue weighted by Gasteiger charge is -2.61. The van der Waals surface area contributed by atoms with Crippen LogP contribution in [0.15, 0.2) is 35.1 Å². The van der Waals surface area contributed by atoms with Gasteiger partial charge in [-0.3, -0.25) is 0 Å². The molecule has 3 rings (SSSR count). The summed E-state index contributed by atoms with van der Waals surface area (Å²) < 4.78 is 6.53. The van der Waals surface area contributed by atoms with Crippen molar-refractivity contribution in [3.63, 3.8) is 0 Å². The second kappa shape index (κ2) is 3.56. The predicted molar refractivity (Wildman–Crippen MR) is 79.7 cm³/mol. The van der Waals surface area contributed by atoms with Gasteiger partial charge in [-0.15, -0.1) is 0 Å². The summed E-state index contributed by atoms with van der Waals surface area (Å²) in [6, 6.07) is 0. The largest absolute Gasteiger partial charge is 0.491 e. The first-order valence-corrected chi connectivity index (χ1v) is 7.49. The highest BCUT2D eigenvalue weighted by Crippen LogP contribution is 2.62. The van der Waals surface area contributed by atoms with Crippen LogP contribution in [0.1, 0.15) is 54.4 Å². The summed E-state index contributed by atoms with van der Waals surface area (Å²) in [5, 5.41) is 0. The summed E-state index contributed by atoms with van der Waals surface area (Å²) >= 11 is 0. The van der Waals surface area contributed by atoms with Crippen LogP contribution in [0.4, 0.5) is 0 Å². The van der Waals surface area contributed by atoms with E-state index in [1.165, 1.54) is 29.7 Å². The Morgan fingerprint density at radius 2 is 1.79 bits per heavy atom. The van der Waals surface area contributed by atoms with Crippen molar-refractivity contribution in [3.8, 4) is 0 Å². The lowest BCUT2D eigenvalue weighted by atomic mass is 9.51. The van der Waals surface area contributed by atoms with Crippen LogP contribution in [0.2, 0.25) is 0 Å². The fourth-order valence-corrected chi connectivity index (χ4v) is 3.96. The predicted octanol–water partition coefficient (Wildman–Crippen LogP) is 5.01. The third kappa shape index (κ3) is 1.48. The van der Waals surface area contributed by atoms with Gasteiger partial charge in [-0.05, 0) is 37.7 Å². The number of ether oxygens (including phenoxy) is 1. The van der Waals surface area contributed by atoms with Gasteiger partial charge in [-0.25, -0.2) is 0 Å². The van der Waals surface area contributed by atoms with Gasteiger partial charge in [0.2, 0.25) is 0 Å². The minimum atomic E-state index is -0.131. The minimum absolute atomic E-state index is 0.131. The molecule has 1 unspecified atom stereocenters. The first-order chi connectivity index (χ1) is 8.68. The van der Waals surface area contributed by atoms with E-state index in [0.717, 1.165) is 0 Å². The second-order valence-corrected chi connectivity index (χ2v) is 7.88. The number of hydrogen-bond acceptors (Lipinski definition) is 1. The monoisotopic (exact) mass is 258 g/mol. The standard InChI is InChI=1S/C18H26O/c1-16(2)14-11-10-12-8-7-9-13(12)15(14)19-18(5,6)17(16,3)4/h7-9,14H,10-11H2,1-6H3. The van der Waals surface area contributed by atoms with Crippen molar-refractivity contribution in [3.05, 3.63) is 35.1 Å². The Labute approximate surface area is 117 Å². The van der Waals surface area contributed by atoms with E-state index in [0.29, 0.717) is 5.92 Å². The summed E-state index contributed by atoms with van der Waals surface area (Å²) in [4.78, 5) is 0. The maximum absolute atomic E-state index is 6.53. The van der Waals surface area contributed by atoms with Crippen molar-refractivity contribution >= 4 is 0 Å². The maximum Gasteiger partial charge on any atom is 0.109 e. The SMILES string of the molecule is CC1(C)OC2=C3C=CC=C3CCC2C(C)(C)C1(C)C. The molecule has 0 aromatic carbocycles. The number of hydrogen-bond donors (Lipinski definition) is 0. The smallest absolute Gasteiger partial charge is 0.109 e. The Balaban J connectivity index is 2.17.